The minimum absolute atomic E-state index is 0. The van der Waals surface area contributed by atoms with Crippen LogP contribution in [0.15, 0.2) is 20.0 Å². The summed E-state index contributed by atoms with van der Waals surface area (Å²) in [5, 5.41) is 4.54. The van der Waals surface area contributed by atoms with Gasteiger partial charge in [-0.25, -0.2) is 25.0 Å². The highest BCUT2D eigenvalue weighted by molar-refractivity contribution is 6.47. The highest BCUT2D eigenvalue weighted by atomic mass is 35.5. The molecule has 8 heteroatoms. The quantitative estimate of drug-likeness (QED) is 0.728. The number of halogens is 1. The summed E-state index contributed by atoms with van der Waals surface area (Å²) in [4.78, 5) is 17.2. The van der Waals surface area contributed by atoms with Gasteiger partial charge in [-0.15, -0.1) is 12.4 Å². The minimum atomic E-state index is -0.773. The van der Waals surface area contributed by atoms with Crippen molar-refractivity contribution in [2.45, 2.75) is 18.6 Å². The number of piperidine rings is 1. The number of fused-ring (bicyclic) bond motifs is 5. The van der Waals surface area contributed by atoms with Crippen molar-refractivity contribution in [1.82, 2.24) is 10.0 Å². The van der Waals surface area contributed by atoms with Crippen molar-refractivity contribution in [2.24, 2.45) is 31.6 Å². The van der Waals surface area contributed by atoms with Gasteiger partial charge in [0.15, 0.2) is 11.5 Å². The Morgan fingerprint density at radius 2 is 1.84 bits per heavy atom. The lowest BCUT2D eigenvalue weighted by Crippen LogP contribution is -2.67. The smallest absolute Gasteiger partial charge is 0.270 e. The second-order valence-electron chi connectivity index (χ2n) is 5.10. The van der Waals surface area contributed by atoms with Gasteiger partial charge in [0.25, 0.3) is 5.79 Å². The Morgan fingerprint density at radius 1 is 1.16 bits per heavy atom. The van der Waals surface area contributed by atoms with Crippen LogP contribution in [0.4, 0.5) is 0 Å². The van der Waals surface area contributed by atoms with E-state index in [1.165, 1.54) is 19.2 Å². The molecular formula is C11H16ClN7. The van der Waals surface area contributed by atoms with Crippen molar-refractivity contribution in [1.29, 1.82) is 0 Å². The molecule has 5 aliphatic heterocycles. The Morgan fingerprint density at radius 3 is 2.47 bits per heavy atom. The summed E-state index contributed by atoms with van der Waals surface area (Å²) in [5.74, 6) is 0.382. The summed E-state index contributed by atoms with van der Waals surface area (Å²) in [6.45, 7) is 3.12. The van der Waals surface area contributed by atoms with E-state index in [0.717, 1.165) is 25.6 Å². The lowest BCUT2D eigenvalue weighted by molar-refractivity contribution is -0.148. The Bertz CT molecular complexity index is 503. The molecule has 3 saturated heterocycles. The van der Waals surface area contributed by atoms with Crippen LogP contribution in [0.5, 0.6) is 0 Å². The van der Waals surface area contributed by atoms with Crippen LogP contribution in [0.25, 0.3) is 0 Å². The summed E-state index contributed by atoms with van der Waals surface area (Å²) < 4.78 is 0. The van der Waals surface area contributed by atoms with Crippen molar-refractivity contribution >= 4 is 36.6 Å². The SMILES string of the molecule is Cl.NC1=NC=NC2(N3CC4CCN3CC4)N=CN=C12. The third-order valence-corrected chi connectivity index (χ3v) is 4.14. The Kier molecular flexibility index (Phi) is 2.92. The zero-order chi connectivity index (χ0) is 12.2. The van der Waals surface area contributed by atoms with Crippen LogP contribution in [0.1, 0.15) is 12.8 Å². The van der Waals surface area contributed by atoms with Crippen LogP contribution in [0.2, 0.25) is 0 Å². The fourth-order valence-corrected chi connectivity index (χ4v) is 3.16. The zero-order valence-corrected chi connectivity index (χ0v) is 11.3. The van der Waals surface area contributed by atoms with Crippen molar-refractivity contribution in [3.63, 3.8) is 0 Å². The third-order valence-electron chi connectivity index (χ3n) is 4.14. The fourth-order valence-electron chi connectivity index (χ4n) is 3.16. The molecule has 0 saturated carbocycles. The molecule has 0 aliphatic carbocycles. The van der Waals surface area contributed by atoms with E-state index in [1.807, 2.05) is 0 Å². The summed E-state index contributed by atoms with van der Waals surface area (Å²) in [5.41, 5.74) is 6.58. The monoisotopic (exact) mass is 281 g/mol. The maximum Gasteiger partial charge on any atom is 0.270 e. The molecule has 1 atom stereocenters. The summed E-state index contributed by atoms with van der Waals surface area (Å²) in [7, 11) is 0. The number of hydrazine groups is 1. The molecular weight excluding hydrogens is 266 g/mol. The largest absolute Gasteiger partial charge is 0.382 e. The fraction of sp³-hybridized carbons (Fsp3) is 0.636. The van der Waals surface area contributed by atoms with Crippen molar-refractivity contribution in [2.75, 3.05) is 19.6 Å². The Balaban J connectivity index is 0.00000110. The average molecular weight is 282 g/mol. The van der Waals surface area contributed by atoms with E-state index in [4.69, 9.17) is 5.73 Å². The molecule has 0 aromatic carbocycles. The first-order chi connectivity index (χ1) is 8.79. The number of amidine groups is 1. The Labute approximate surface area is 117 Å². The first-order valence-electron chi connectivity index (χ1n) is 6.31. The van der Waals surface area contributed by atoms with Gasteiger partial charge in [-0.2, -0.15) is 5.01 Å². The topological polar surface area (TPSA) is 81.9 Å². The van der Waals surface area contributed by atoms with Crippen LogP contribution in [0.3, 0.4) is 0 Å². The first-order valence-corrected chi connectivity index (χ1v) is 6.31. The molecule has 5 heterocycles. The van der Waals surface area contributed by atoms with Crippen LogP contribution in [-0.2, 0) is 0 Å². The number of nitrogens with two attached hydrogens (primary N) is 1. The molecule has 3 fully saturated rings. The van der Waals surface area contributed by atoms with Gasteiger partial charge < -0.3 is 5.73 Å². The second kappa shape index (κ2) is 4.36. The molecule has 0 amide bonds. The predicted octanol–water partition coefficient (Wildman–Crippen LogP) is -0.113. The molecule has 0 spiro atoms. The second-order valence-corrected chi connectivity index (χ2v) is 5.10. The van der Waals surface area contributed by atoms with Gasteiger partial charge in [0.05, 0.1) is 0 Å². The molecule has 19 heavy (non-hydrogen) atoms. The van der Waals surface area contributed by atoms with Crippen molar-refractivity contribution in [3.8, 4) is 0 Å². The highest BCUT2D eigenvalue weighted by Crippen LogP contribution is 2.36. The third kappa shape index (κ3) is 1.65. The normalized spacial score (nSPS) is 39.6. The highest BCUT2D eigenvalue weighted by Gasteiger charge is 2.52. The van der Waals surface area contributed by atoms with E-state index in [0.29, 0.717) is 11.5 Å². The van der Waals surface area contributed by atoms with E-state index in [-0.39, 0.29) is 12.4 Å². The van der Waals surface area contributed by atoms with E-state index in [2.05, 4.69) is 30.0 Å². The van der Waals surface area contributed by atoms with E-state index < -0.39 is 5.79 Å². The van der Waals surface area contributed by atoms with Gasteiger partial charge in [-0.3, -0.25) is 0 Å². The lowest BCUT2D eigenvalue weighted by atomic mass is 9.93. The van der Waals surface area contributed by atoms with Crippen LogP contribution in [-0.4, -0.2) is 59.7 Å². The predicted molar refractivity (Wildman–Crippen MR) is 77.0 cm³/mol. The van der Waals surface area contributed by atoms with Gasteiger partial charge in [-0.05, 0) is 18.8 Å². The minimum Gasteiger partial charge on any atom is -0.382 e. The summed E-state index contributed by atoms with van der Waals surface area (Å²) in [6, 6.07) is 0. The van der Waals surface area contributed by atoms with E-state index >= 15 is 0 Å². The van der Waals surface area contributed by atoms with E-state index in [1.54, 1.807) is 6.34 Å². The van der Waals surface area contributed by atoms with Crippen molar-refractivity contribution < 1.29 is 0 Å². The Hall–Kier alpha value is -1.31. The van der Waals surface area contributed by atoms with Crippen LogP contribution in [0, 0.1) is 5.92 Å². The lowest BCUT2D eigenvalue weighted by Gasteiger charge is -2.52. The molecule has 0 aromatic rings. The maximum absolute atomic E-state index is 5.91. The number of hydrogen-bond donors (Lipinski definition) is 1. The van der Waals surface area contributed by atoms with E-state index in [9.17, 15) is 0 Å². The van der Waals surface area contributed by atoms with Crippen molar-refractivity contribution in [3.05, 3.63) is 0 Å². The number of nitrogens with zero attached hydrogens (tertiary/aromatic N) is 6. The molecule has 5 aliphatic rings. The zero-order valence-electron chi connectivity index (χ0n) is 10.4. The number of hydrogen-bond acceptors (Lipinski definition) is 7. The maximum atomic E-state index is 5.91. The van der Waals surface area contributed by atoms with Gasteiger partial charge in [0.1, 0.15) is 12.7 Å². The molecule has 0 aromatic heterocycles. The molecule has 2 N–H and O–H groups in total. The van der Waals surface area contributed by atoms with Gasteiger partial charge in [0.2, 0.25) is 0 Å². The first kappa shape index (κ1) is 12.7. The average Bonchev–Trinajstić information content (AvgIpc) is 2.86. The standard InChI is InChI=1S/C11H15N7.ClH/c12-10-9-11(15-6-13-9,16-7-14-10)18-5-8-1-3-17(18)4-2-8;/h6-8H,1-5H2,(H2,12,14,16);1H. The molecule has 5 rings (SSSR count). The van der Waals surface area contributed by atoms with Crippen LogP contribution < -0.4 is 5.73 Å². The van der Waals surface area contributed by atoms with Gasteiger partial charge >= 0.3 is 0 Å². The number of rotatable bonds is 1. The summed E-state index contributed by atoms with van der Waals surface area (Å²) >= 11 is 0. The summed E-state index contributed by atoms with van der Waals surface area (Å²) in [6.07, 6.45) is 5.57. The molecule has 1 unspecified atom stereocenters. The molecule has 0 radical (unpaired) electrons. The van der Waals surface area contributed by atoms with Crippen LogP contribution >= 0.6 is 12.4 Å². The van der Waals surface area contributed by atoms with Gasteiger partial charge in [-0.1, -0.05) is 0 Å². The molecule has 7 nitrogen and oxygen atoms in total. The molecule has 102 valence electrons. The van der Waals surface area contributed by atoms with Gasteiger partial charge in [0, 0.05) is 19.6 Å². The number of aliphatic imine (C=N–C) groups is 4. The molecule has 2 bridgehead atoms.